The van der Waals surface area contributed by atoms with Crippen LogP contribution >= 0.6 is 0 Å². The molecule has 0 aromatic heterocycles. The molecule has 1 saturated carbocycles. The molecule has 68 valence electrons. The summed E-state index contributed by atoms with van der Waals surface area (Å²) in [7, 11) is 2.34. The van der Waals surface area contributed by atoms with Gasteiger partial charge in [-0.2, -0.15) is 0 Å². The molecule has 0 heterocycles. The lowest BCUT2D eigenvalue weighted by molar-refractivity contribution is -0.145. The molecule has 0 bridgehead atoms. The molecule has 0 radical (unpaired) electrons. The lowest BCUT2D eigenvalue weighted by Gasteiger charge is -2.08. The van der Waals surface area contributed by atoms with Crippen molar-refractivity contribution in [3.05, 3.63) is 0 Å². The molecule has 0 amide bonds. The van der Waals surface area contributed by atoms with Gasteiger partial charge in [0.15, 0.2) is 0 Å². The van der Waals surface area contributed by atoms with Crippen LogP contribution < -0.4 is 0 Å². The number of carbonyl (C=O) groups is 1. The van der Waals surface area contributed by atoms with Crippen LogP contribution in [0, 0.1) is 5.92 Å². The fourth-order valence-electron chi connectivity index (χ4n) is 1.90. The zero-order valence-corrected chi connectivity index (χ0v) is 7.62. The Balaban J connectivity index is 2.48. The van der Waals surface area contributed by atoms with Crippen molar-refractivity contribution < 1.29 is 14.6 Å². The van der Waals surface area contributed by atoms with Crippen molar-refractivity contribution in [3.8, 4) is 0 Å². The topological polar surface area (TPSA) is 46.5 Å². The van der Waals surface area contributed by atoms with Gasteiger partial charge in [0.25, 0.3) is 0 Å². The van der Waals surface area contributed by atoms with Gasteiger partial charge in [-0.05, 0) is 18.7 Å². The zero-order chi connectivity index (χ0) is 9.14. The number of hydrogen-bond acceptors (Lipinski definition) is 3. The SMILES string of the molecule is CBC1CC(C(=O)OC)CC1O. The summed E-state index contributed by atoms with van der Waals surface area (Å²) in [6, 6.07) is 0. The largest absolute Gasteiger partial charge is 0.469 e. The molecule has 4 heteroatoms. The van der Waals surface area contributed by atoms with E-state index < -0.39 is 0 Å². The number of ether oxygens (including phenoxy) is 1. The molecular weight excluding hydrogens is 155 g/mol. The van der Waals surface area contributed by atoms with E-state index in [1.807, 2.05) is 6.82 Å². The highest BCUT2D eigenvalue weighted by Crippen LogP contribution is 2.35. The average Bonchev–Trinajstić information content (AvgIpc) is 2.45. The van der Waals surface area contributed by atoms with Gasteiger partial charge in [-0.3, -0.25) is 4.79 Å². The Kier molecular flexibility index (Phi) is 3.15. The number of esters is 1. The fraction of sp³-hybridized carbons (Fsp3) is 0.875. The molecule has 3 nitrogen and oxygen atoms in total. The molecule has 12 heavy (non-hydrogen) atoms. The number of aliphatic hydroxyl groups is 1. The molecule has 3 unspecified atom stereocenters. The maximum atomic E-state index is 11.1. The first kappa shape index (κ1) is 9.58. The van der Waals surface area contributed by atoms with E-state index in [0.29, 0.717) is 6.42 Å². The highest BCUT2D eigenvalue weighted by atomic mass is 16.5. The lowest BCUT2D eigenvalue weighted by atomic mass is 9.65. The highest BCUT2D eigenvalue weighted by molar-refractivity contribution is 6.36. The van der Waals surface area contributed by atoms with Crippen LogP contribution in [0.25, 0.3) is 0 Å². The van der Waals surface area contributed by atoms with Gasteiger partial charge in [0.05, 0.1) is 19.1 Å². The van der Waals surface area contributed by atoms with Crippen LogP contribution in [0.5, 0.6) is 0 Å². The quantitative estimate of drug-likeness (QED) is 0.475. The van der Waals surface area contributed by atoms with Crippen molar-refractivity contribution in [2.75, 3.05) is 7.11 Å². The van der Waals surface area contributed by atoms with E-state index in [-0.39, 0.29) is 23.8 Å². The monoisotopic (exact) mass is 170 g/mol. The second kappa shape index (κ2) is 3.94. The van der Waals surface area contributed by atoms with E-state index in [2.05, 4.69) is 4.74 Å². The van der Waals surface area contributed by atoms with E-state index in [9.17, 15) is 9.90 Å². The van der Waals surface area contributed by atoms with Gasteiger partial charge in [0, 0.05) is 0 Å². The molecule has 0 aliphatic heterocycles. The molecular formula is C8H15BO3. The van der Waals surface area contributed by atoms with Crippen LogP contribution in [-0.2, 0) is 9.53 Å². The molecule has 1 aliphatic carbocycles. The molecule has 1 aliphatic rings. The summed E-state index contributed by atoms with van der Waals surface area (Å²) >= 11 is 0. The second-order valence-electron chi connectivity index (χ2n) is 3.43. The zero-order valence-electron chi connectivity index (χ0n) is 7.62. The van der Waals surface area contributed by atoms with Crippen molar-refractivity contribution in [3.63, 3.8) is 0 Å². The van der Waals surface area contributed by atoms with Crippen LogP contribution in [-0.4, -0.2) is 31.6 Å². The Hall–Kier alpha value is -0.505. The number of carbonyl (C=O) groups excluding carboxylic acids is 1. The van der Waals surface area contributed by atoms with E-state index in [0.717, 1.165) is 13.7 Å². The van der Waals surface area contributed by atoms with Crippen molar-refractivity contribution in [1.29, 1.82) is 0 Å². The summed E-state index contributed by atoms with van der Waals surface area (Å²) < 4.78 is 4.63. The Morgan fingerprint density at radius 3 is 2.67 bits per heavy atom. The first-order valence-electron chi connectivity index (χ1n) is 4.45. The molecule has 0 spiro atoms. The summed E-state index contributed by atoms with van der Waals surface area (Å²) in [4.78, 5) is 11.1. The van der Waals surface area contributed by atoms with Gasteiger partial charge >= 0.3 is 5.97 Å². The second-order valence-corrected chi connectivity index (χ2v) is 3.43. The van der Waals surface area contributed by atoms with Crippen molar-refractivity contribution in [2.45, 2.75) is 31.6 Å². The minimum atomic E-state index is -0.306. The predicted octanol–water partition coefficient (Wildman–Crippen LogP) is 0.203. The normalized spacial score (nSPS) is 34.8. The van der Waals surface area contributed by atoms with Crippen LogP contribution in [0.15, 0.2) is 0 Å². The molecule has 0 aromatic carbocycles. The minimum absolute atomic E-state index is 0.0741. The number of rotatable bonds is 2. The van der Waals surface area contributed by atoms with Crippen LogP contribution in [0.1, 0.15) is 12.8 Å². The lowest BCUT2D eigenvalue weighted by Crippen LogP contribution is -2.13. The summed E-state index contributed by atoms with van der Waals surface area (Å²) in [5.74, 6) is 0.0362. The third-order valence-corrected chi connectivity index (χ3v) is 2.72. The average molecular weight is 170 g/mol. The third-order valence-electron chi connectivity index (χ3n) is 2.72. The van der Waals surface area contributed by atoms with E-state index in [4.69, 9.17) is 0 Å². The Morgan fingerprint density at radius 2 is 2.25 bits per heavy atom. The standard InChI is InChI=1S/C8H15BO3/c1-9-6-3-5(4-7(6)10)8(11)12-2/h5-7,9-10H,3-4H2,1-2H3. The first-order valence-corrected chi connectivity index (χ1v) is 4.45. The summed E-state index contributed by atoms with van der Waals surface area (Å²) in [5.41, 5.74) is 0. The maximum absolute atomic E-state index is 11.1. The van der Waals surface area contributed by atoms with Gasteiger partial charge in [0.1, 0.15) is 7.28 Å². The van der Waals surface area contributed by atoms with Crippen molar-refractivity contribution in [1.82, 2.24) is 0 Å². The van der Waals surface area contributed by atoms with Crippen LogP contribution in [0.3, 0.4) is 0 Å². The number of hydrogen-bond donors (Lipinski definition) is 1. The van der Waals surface area contributed by atoms with Gasteiger partial charge in [-0.15, -0.1) is 0 Å². The number of methoxy groups -OCH3 is 1. The van der Waals surface area contributed by atoms with E-state index in [1.165, 1.54) is 7.11 Å². The number of aliphatic hydroxyl groups excluding tert-OH is 1. The molecule has 1 fully saturated rings. The van der Waals surface area contributed by atoms with E-state index >= 15 is 0 Å². The fourth-order valence-corrected chi connectivity index (χ4v) is 1.90. The third kappa shape index (κ3) is 1.80. The molecule has 1 rings (SSSR count). The van der Waals surface area contributed by atoms with Gasteiger partial charge in [-0.25, -0.2) is 0 Å². The van der Waals surface area contributed by atoms with Crippen molar-refractivity contribution in [2.24, 2.45) is 5.92 Å². The Labute approximate surface area is 73.3 Å². The smallest absolute Gasteiger partial charge is 0.308 e. The molecule has 1 N–H and O–H groups in total. The van der Waals surface area contributed by atoms with Gasteiger partial charge in [-0.1, -0.05) is 6.82 Å². The summed E-state index contributed by atoms with van der Waals surface area (Å²) in [6.07, 6.45) is 1.05. The molecule has 0 saturated heterocycles. The Morgan fingerprint density at radius 1 is 1.58 bits per heavy atom. The summed E-state index contributed by atoms with van der Waals surface area (Å²) in [5, 5.41) is 9.50. The van der Waals surface area contributed by atoms with Crippen LogP contribution in [0.4, 0.5) is 0 Å². The minimum Gasteiger partial charge on any atom is -0.469 e. The predicted molar refractivity (Wildman–Crippen MR) is 47.5 cm³/mol. The van der Waals surface area contributed by atoms with Crippen LogP contribution in [0.2, 0.25) is 12.6 Å². The van der Waals surface area contributed by atoms with E-state index in [1.54, 1.807) is 0 Å². The highest BCUT2D eigenvalue weighted by Gasteiger charge is 2.36. The molecule has 0 aromatic rings. The Bertz CT molecular complexity index is 172. The van der Waals surface area contributed by atoms with Gasteiger partial charge in [0.2, 0.25) is 0 Å². The summed E-state index contributed by atoms with van der Waals surface area (Å²) in [6.45, 7) is 2.04. The van der Waals surface area contributed by atoms with Gasteiger partial charge < -0.3 is 9.84 Å². The first-order chi connectivity index (χ1) is 5.69. The maximum Gasteiger partial charge on any atom is 0.308 e. The molecule has 3 atom stereocenters. The van der Waals surface area contributed by atoms with Crippen molar-refractivity contribution >= 4 is 13.2 Å².